The first-order valence-electron chi connectivity index (χ1n) is 6.07. The molecule has 0 radical (unpaired) electrons. The molecule has 0 bridgehead atoms. The lowest BCUT2D eigenvalue weighted by Gasteiger charge is -2.17. The van der Waals surface area contributed by atoms with Gasteiger partial charge < -0.3 is 9.47 Å². The van der Waals surface area contributed by atoms with E-state index >= 15 is 0 Å². The summed E-state index contributed by atoms with van der Waals surface area (Å²) < 4.78 is 10.9. The van der Waals surface area contributed by atoms with Crippen molar-refractivity contribution in [1.29, 1.82) is 0 Å². The lowest BCUT2D eigenvalue weighted by molar-refractivity contribution is -0.0806. The summed E-state index contributed by atoms with van der Waals surface area (Å²) in [5.41, 5.74) is 0. The predicted molar refractivity (Wildman–Crippen MR) is 58.2 cm³/mol. The van der Waals surface area contributed by atoms with Crippen LogP contribution in [0.15, 0.2) is 0 Å². The number of rotatable bonds is 7. The van der Waals surface area contributed by atoms with Gasteiger partial charge in [-0.15, -0.1) is 0 Å². The molecular weight excluding hydrogens is 176 g/mol. The summed E-state index contributed by atoms with van der Waals surface area (Å²) in [4.78, 5) is 0. The minimum absolute atomic E-state index is 0.0844. The van der Waals surface area contributed by atoms with Gasteiger partial charge in [-0.05, 0) is 6.42 Å². The third-order valence-electron chi connectivity index (χ3n) is 2.88. The van der Waals surface area contributed by atoms with Gasteiger partial charge in [-0.1, -0.05) is 46.0 Å². The maximum atomic E-state index is 5.47. The number of hydrogen-bond donors (Lipinski definition) is 0. The largest absolute Gasteiger partial charge is 0.350 e. The van der Waals surface area contributed by atoms with E-state index in [9.17, 15) is 0 Å². The number of hydrogen-bond acceptors (Lipinski definition) is 2. The molecule has 0 aliphatic carbocycles. The molecule has 1 saturated heterocycles. The Kier molecular flexibility index (Phi) is 6.20. The molecule has 84 valence electrons. The molecule has 0 saturated carbocycles. The first kappa shape index (κ1) is 12.0. The van der Waals surface area contributed by atoms with Gasteiger partial charge in [0.05, 0.1) is 13.2 Å². The standard InChI is InChI=1S/C12H24O2/c1-3-4-5-6-7-8-11(2)12-13-9-10-14-12/h11-12H,3-10H2,1-2H3. The molecule has 0 aromatic heterocycles. The molecule has 0 amide bonds. The quantitative estimate of drug-likeness (QED) is 0.587. The van der Waals surface area contributed by atoms with Gasteiger partial charge in [-0.25, -0.2) is 0 Å². The normalized spacial score (nSPS) is 20.1. The Morgan fingerprint density at radius 3 is 2.36 bits per heavy atom. The highest BCUT2D eigenvalue weighted by molar-refractivity contribution is 4.61. The van der Waals surface area contributed by atoms with E-state index in [1.807, 2.05) is 0 Å². The third kappa shape index (κ3) is 4.43. The van der Waals surface area contributed by atoms with Crippen LogP contribution >= 0.6 is 0 Å². The monoisotopic (exact) mass is 200 g/mol. The molecule has 1 atom stereocenters. The zero-order valence-corrected chi connectivity index (χ0v) is 9.63. The molecule has 1 unspecified atom stereocenters. The molecule has 0 N–H and O–H groups in total. The topological polar surface area (TPSA) is 18.5 Å². The second-order valence-corrected chi connectivity index (χ2v) is 4.29. The van der Waals surface area contributed by atoms with Crippen molar-refractivity contribution in [2.45, 2.75) is 58.7 Å². The van der Waals surface area contributed by atoms with E-state index in [2.05, 4.69) is 13.8 Å². The molecule has 0 spiro atoms. The maximum Gasteiger partial charge on any atom is 0.160 e. The van der Waals surface area contributed by atoms with E-state index in [1.54, 1.807) is 0 Å². The zero-order valence-electron chi connectivity index (χ0n) is 9.63. The fraction of sp³-hybridized carbons (Fsp3) is 1.00. The molecule has 1 fully saturated rings. The van der Waals surface area contributed by atoms with Crippen LogP contribution in [0, 0.1) is 5.92 Å². The third-order valence-corrected chi connectivity index (χ3v) is 2.88. The van der Waals surface area contributed by atoms with Crippen LogP contribution in [0.3, 0.4) is 0 Å². The van der Waals surface area contributed by atoms with Crippen molar-refractivity contribution in [1.82, 2.24) is 0 Å². The van der Waals surface area contributed by atoms with Crippen molar-refractivity contribution < 1.29 is 9.47 Å². The highest BCUT2D eigenvalue weighted by Crippen LogP contribution is 2.20. The second-order valence-electron chi connectivity index (χ2n) is 4.29. The number of unbranched alkanes of at least 4 members (excludes halogenated alkanes) is 4. The molecule has 1 aliphatic heterocycles. The zero-order chi connectivity index (χ0) is 10.2. The summed E-state index contributed by atoms with van der Waals surface area (Å²) >= 11 is 0. The molecular formula is C12H24O2. The van der Waals surface area contributed by atoms with E-state index in [1.165, 1.54) is 38.5 Å². The van der Waals surface area contributed by atoms with Crippen LogP contribution in [-0.2, 0) is 9.47 Å². The minimum Gasteiger partial charge on any atom is -0.350 e. The predicted octanol–water partition coefficient (Wildman–Crippen LogP) is 3.36. The molecule has 2 heteroatoms. The van der Waals surface area contributed by atoms with E-state index < -0.39 is 0 Å². The summed E-state index contributed by atoms with van der Waals surface area (Å²) in [5.74, 6) is 0.569. The highest BCUT2D eigenvalue weighted by Gasteiger charge is 2.22. The van der Waals surface area contributed by atoms with Crippen LogP contribution in [0.5, 0.6) is 0 Å². The van der Waals surface area contributed by atoms with Crippen molar-refractivity contribution in [3.8, 4) is 0 Å². The van der Waals surface area contributed by atoms with Gasteiger partial charge in [0.2, 0.25) is 0 Å². The summed E-state index contributed by atoms with van der Waals surface area (Å²) in [6, 6.07) is 0. The molecule has 14 heavy (non-hydrogen) atoms. The Labute approximate surface area is 88.0 Å². The molecule has 1 heterocycles. The van der Waals surface area contributed by atoms with Gasteiger partial charge in [-0.3, -0.25) is 0 Å². The van der Waals surface area contributed by atoms with Crippen LogP contribution in [0.4, 0.5) is 0 Å². The Bertz CT molecular complexity index is 130. The van der Waals surface area contributed by atoms with Gasteiger partial charge in [0, 0.05) is 5.92 Å². The van der Waals surface area contributed by atoms with Crippen molar-refractivity contribution in [3.63, 3.8) is 0 Å². The number of ether oxygens (including phenoxy) is 2. The second kappa shape index (κ2) is 7.24. The summed E-state index contributed by atoms with van der Waals surface area (Å²) in [6.07, 6.45) is 8.11. The fourth-order valence-electron chi connectivity index (χ4n) is 1.91. The summed E-state index contributed by atoms with van der Waals surface area (Å²) in [7, 11) is 0. The molecule has 1 rings (SSSR count). The Balaban J connectivity index is 1.94. The van der Waals surface area contributed by atoms with Crippen molar-refractivity contribution >= 4 is 0 Å². The van der Waals surface area contributed by atoms with Gasteiger partial charge in [0.1, 0.15) is 0 Å². The molecule has 0 aromatic rings. The van der Waals surface area contributed by atoms with E-state index in [0.717, 1.165) is 13.2 Å². The molecule has 0 aromatic carbocycles. The van der Waals surface area contributed by atoms with E-state index in [0.29, 0.717) is 5.92 Å². The van der Waals surface area contributed by atoms with E-state index in [4.69, 9.17) is 9.47 Å². The maximum absolute atomic E-state index is 5.47. The Hall–Kier alpha value is -0.0800. The summed E-state index contributed by atoms with van der Waals surface area (Å²) in [6.45, 7) is 6.05. The van der Waals surface area contributed by atoms with Crippen LogP contribution in [0.1, 0.15) is 52.4 Å². The van der Waals surface area contributed by atoms with Gasteiger partial charge in [0.25, 0.3) is 0 Å². The highest BCUT2D eigenvalue weighted by atomic mass is 16.7. The van der Waals surface area contributed by atoms with Gasteiger partial charge >= 0.3 is 0 Å². The van der Waals surface area contributed by atoms with Gasteiger partial charge in [0.15, 0.2) is 6.29 Å². The lowest BCUT2D eigenvalue weighted by atomic mass is 10.0. The minimum atomic E-state index is 0.0844. The van der Waals surface area contributed by atoms with Crippen LogP contribution in [0.2, 0.25) is 0 Å². The molecule has 1 aliphatic rings. The Morgan fingerprint density at radius 2 is 1.71 bits per heavy atom. The smallest absolute Gasteiger partial charge is 0.160 e. The molecule has 2 nitrogen and oxygen atoms in total. The van der Waals surface area contributed by atoms with Crippen molar-refractivity contribution in [2.24, 2.45) is 5.92 Å². The average Bonchev–Trinajstić information content (AvgIpc) is 2.70. The van der Waals surface area contributed by atoms with E-state index in [-0.39, 0.29) is 6.29 Å². The van der Waals surface area contributed by atoms with Crippen molar-refractivity contribution in [3.05, 3.63) is 0 Å². The SMILES string of the molecule is CCCCCCCC(C)C1OCCO1. The first-order chi connectivity index (χ1) is 6.84. The van der Waals surface area contributed by atoms with Gasteiger partial charge in [-0.2, -0.15) is 0 Å². The Morgan fingerprint density at radius 1 is 1.07 bits per heavy atom. The van der Waals surface area contributed by atoms with Crippen LogP contribution < -0.4 is 0 Å². The van der Waals surface area contributed by atoms with Crippen LogP contribution in [-0.4, -0.2) is 19.5 Å². The summed E-state index contributed by atoms with van der Waals surface area (Å²) in [5, 5.41) is 0. The van der Waals surface area contributed by atoms with Crippen molar-refractivity contribution in [2.75, 3.05) is 13.2 Å². The average molecular weight is 200 g/mol. The van der Waals surface area contributed by atoms with Crippen LogP contribution in [0.25, 0.3) is 0 Å². The first-order valence-corrected chi connectivity index (χ1v) is 6.07. The fourth-order valence-corrected chi connectivity index (χ4v) is 1.91. The lowest BCUT2D eigenvalue weighted by Crippen LogP contribution is -2.18.